The highest BCUT2D eigenvalue weighted by atomic mass is 16.6. The van der Waals surface area contributed by atoms with Crippen LogP contribution in [-0.2, 0) is 9.47 Å². The molecule has 2 fully saturated rings. The lowest BCUT2D eigenvalue weighted by atomic mass is 10.00. The molecule has 0 amide bonds. The molecule has 3 heteroatoms. The number of nitrogens with zero attached hydrogens (tertiary/aromatic N) is 1. The van der Waals surface area contributed by atoms with Crippen molar-refractivity contribution in [3.63, 3.8) is 0 Å². The van der Waals surface area contributed by atoms with E-state index in [1.165, 1.54) is 0 Å². The van der Waals surface area contributed by atoms with Gasteiger partial charge in [-0.2, -0.15) is 0 Å². The van der Waals surface area contributed by atoms with Gasteiger partial charge in [-0.3, -0.25) is 0 Å². The zero-order valence-electron chi connectivity index (χ0n) is 8.26. The van der Waals surface area contributed by atoms with Crippen LogP contribution in [0, 0.1) is 0 Å². The van der Waals surface area contributed by atoms with E-state index in [-0.39, 0.29) is 11.3 Å². The Labute approximate surface area is 73.6 Å². The van der Waals surface area contributed by atoms with Gasteiger partial charge in [-0.25, -0.2) is 4.90 Å². The molecule has 0 aromatic heterocycles. The average Bonchev–Trinajstić information content (AvgIpc) is 2.36. The number of hydrogen-bond donors (Lipinski definition) is 0. The van der Waals surface area contributed by atoms with Crippen LogP contribution < -0.4 is 0 Å². The molecule has 12 heavy (non-hydrogen) atoms. The maximum Gasteiger partial charge on any atom is 0.118 e. The minimum Gasteiger partial charge on any atom is -0.359 e. The maximum atomic E-state index is 5.69. The van der Waals surface area contributed by atoms with Gasteiger partial charge in [0, 0.05) is 0 Å². The molecule has 0 aromatic carbocycles. The molecule has 2 aliphatic rings. The van der Waals surface area contributed by atoms with Gasteiger partial charge in [0.15, 0.2) is 0 Å². The Kier molecular flexibility index (Phi) is 1.57. The van der Waals surface area contributed by atoms with Crippen molar-refractivity contribution in [1.82, 2.24) is 4.90 Å². The van der Waals surface area contributed by atoms with E-state index < -0.39 is 0 Å². The zero-order chi connectivity index (χ0) is 8.98. The van der Waals surface area contributed by atoms with Crippen molar-refractivity contribution in [3.05, 3.63) is 0 Å². The molecular weight excluding hydrogens is 154 g/mol. The number of fused-ring (bicyclic) bond motifs is 1. The van der Waals surface area contributed by atoms with E-state index in [1.54, 1.807) is 0 Å². The lowest BCUT2D eigenvalue weighted by Crippen LogP contribution is -2.44. The number of hydrogen-bond acceptors (Lipinski definition) is 3. The molecule has 2 saturated heterocycles. The SMILES string of the molecule is CC1(C)OCN2[C@H]1COC2(C)C. The summed E-state index contributed by atoms with van der Waals surface area (Å²) in [6.45, 7) is 9.94. The molecule has 0 saturated carbocycles. The Morgan fingerprint density at radius 3 is 2.42 bits per heavy atom. The molecule has 0 aliphatic carbocycles. The summed E-state index contributed by atoms with van der Waals surface area (Å²) in [6, 6.07) is 0.424. The largest absolute Gasteiger partial charge is 0.359 e. The topological polar surface area (TPSA) is 21.7 Å². The van der Waals surface area contributed by atoms with Crippen molar-refractivity contribution in [2.75, 3.05) is 13.3 Å². The molecule has 0 unspecified atom stereocenters. The van der Waals surface area contributed by atoms with Crippen molar-refractivity contribution in [3.8, 4) is 0 Å². The Bertz CT molecular complexity index is 179. The van der Waals surface area contributed by atoms with Gasteiger partial charge in [0.1, 0.15) is 12.5 Å². The summed E-state index contributed by atoms with van der Waals surface area (Å²) in [5.41, 5.74) is -0.188. The van der Waals surface area contributed by atoms with Gasteiger partial charge >= 0.3 is 0 Å². The van der Waals surface area contributed by atoms with E-state index in [4.69, 9.17) is 9.47 Å². The van der Waals surface area contributed by atoms with Crippen LogP contribution in [0.2, 0.25) is 0 Å². The predicted octanol–water partition coefficient (Wildman–Crippen LogP) is 1.19. The molecule has 3 nitrogen and oxygen atoms in total. The van der Waals surface area contributed by atoms with Crippen molar-refractivity contribution < 1.29 is 9.47 Å². The predicted molar refractivity (Wildman–Crippen MR) is 45.7 cm³/mol. The second kappa shape index (κ2) is 2.22. The minimum absolute atomic E-state index is 0.0478. The van der Waals surface area contributed by atoms with Gasteiger partial charge in [-0.1, -0.05) is 0 Å². The smallest absolute Gasteiger partial charge is 0.118 e. The molecule has 2 heterocycles. The van der Waals surface area contributed by atoms with E-state index in [1.807, 2.05) is 0 Å². The van der Waals surface area contributed by atoms with Crippen LogP contribution in [0.4, 0.5) is 0 Å². The van der Waals surface area contributed by atoms with Crippen molar-refractivity contribution in [2.24, 2.45) is 0 Å². The molecule has 70 valence electrons. The third-order valence-electron chi connectivity index (χ3n) is 3.04. The van der Waals surface area contributed by atoms with Crippen LogP contribution in [0.15, 0.2) is 0 Å². The van der Waals surface area contributed by atoms with Crippen LogP contribution in [0.25, 0.3) is 0 Å². The van der Waals surface area contributed by atoms with Crippen LogP contribution >= 0.6 is 0 Å². The van der Waals surface area contributed by atoms with E-state index in [0.29, 0.717) is 12.8 Å². The quantitative estimate of drug-likeness (QED) is 0.546. The van der Waals surface area contributed by atoms with Crippen LogP contribution in [0.3, 0.4) is 0 Å². The zero-order valence-corrected chi connectivity index (χ0v) is 8.26. The summed E-state index contributed by atoms with van der Waals surface area (Å²) < 4.78 is 11.4. The standard InChI is InChI=1S/C9H17NO2/c1-8(2)7-5-11-9(3,4)10(7)6-12-8/h7H,5-6H2,1-4H3/t7-/m0/s1. The molecule has 0 aromatic rings. The van der Waals surface area contributed by atoms with Gasteiger partial charge in [-0.15, -0.1) is 0 Å². The van der Waals surface area contributed by atoms with Crippen LogP contribution in [-0.4, -0.2) is 35.6 Å². The fraction of sp³-hybridized carbons (Fsp3) is 1.00. The number of rotatable bonds is 0. The van der Waals surface area contributed by atoms with Gasteiger partial charge < -0.3 is 9.47 Å². The van der Waals surface area contributed by atoms with Crippen molar-refractivity contribution >= 4 is 0 Å². The third kappa shape index (κ3) is 1.00. The summed E-state index contributed by atoms with van der Waals surface area (Å²) >= 11 is 0. The van der Waals surface area contributed by atoms with Gasteiger partial charge in [0.2, 0.25) is 0 Å². The Morgan fingerprint density at radius 1 is 1.17 bits per heavy atom. The van der Waals surface area contributed by atoms with Gasteiger partial charge in [0.25, 0.3) is 0 Å². The Balaban J connectivity index is 2.23. The Hall–Kier alpha value is -0.120. The third-order valence-corrected chi connectivity index (χ3v) is 3.04. The maximum absolute atomic E-state index is 5.69. The summed E-state index contributed by atoms with van der Waals surface area (Å²) in [5, 5.41) is 0. The van der Waals surface area contributed by atoms with E-state index >= 15 is 0 Å². The average molecular weight is 171 g/mol. The normalized spacial score (nSPS) is 38.5. The van der Waals surface area contributed by atoms with Crippen molar-refractivity contribution in [2.45, 2.75) is 45.1 Å². The first-order valence-electron chi connectivity index (χ1n) is 4.48. The first kappa shape index (κ1) is 8.48. The highest BCUT2D eigenvalue weighted by Crippen LogP contribution is 2.38. The van der Waals surface area contributed by atoms with Gasteiger partial charge in [0.05, 0.1) is 18.2 Å². The molecular formula is C9H17NO2. The second-order valence-corrected chi connectivity index (χ2v) is 4.62. The second-order valence-electron chi connectivity index (χ2n) is 4.62. The highest BCUT2D eigenvalue weighted by Gasteiger charge is 2.52. The highest BCUT2D eigenvalue weighted by molar-refractivity contribution is 4.99. The van der Waals surface area contributed by atoms with Crippen molar-refractivity contribution in [1.29, 1.82) is 0 Å². The summed E-state index contributed by atoms with van der Waals surface area (Å²) in [4.78, 5) is 2.28. The summed E-state index contributed by atoms with van der Waals surface area (Å²) in [5.74, 6) is 0. The summed E-state index contributed by atoms with van der Waals surface area (Å²) in [7, 11) is 0. The minimum atomic E-state index is -0.140. The summed E-state index contributed by atoms with van der Waals surface area (Å²) in [6.07, 6.45) is 0. The fourth-order valence-corrected chi connectivity index (χ4v) is 1.98. The van der Waals surface area contributed by atoms with E-state index in [0.717, 1.165) is 6.61 Å². The fourth-order valence-electron chi connectivity index (χ4n) is 1.98. The molecule has 0 radical (unpaired) electrons. The first-order chi connectivity index (χ1) is 5.43. The number of ether oxygens (including phenoxy) is 2. The molecule has 1 atom stereocenters. The lowest BCUT2D eigenvalue weighted by molar-refractivity contribution is -0.0872. The monoisotopic (exact) mass is 171 g/mol. The first-order valence-corrected chi connectivity index (χ1v) is 4.48. The molecule has 0 bridgehead atoms. The van der Waals surface area contributed by atoms with Gasteiger partial charge in [-0.05, 0) is 27.7 Å². The molecule has 2 aliphatic heterocycles. The van der Waals surface area contributed by atoms with E-state index in [2.05, 4.69) is 32.6 Å². The van der Waals surface area contributed by atoms with Crippen LogP contribution in [0.1, 0.15) is 27.7 Å². The molecule has 0 N–H and O–H groups in total. The molecule has 0 spiro atoms. The van der Waals surface area contributed by atoms with Crippen LogP contribution in [0.5, 0.6) is 0 Å². The lowest BCUT2D eigenvalue weighted by Gasteiger charge is -2.28. The Morgan fingerprint density at radius 2 is 1.83 bits per heavy atom. The molecule has 2 rings (SSSR count). The van der Waals surface area contributed by atoms with E-state index in [9.17, 15) is 0 Å².